The summed E-state index contributed by atoms with van der Waals surface area (Å²) < 4.78 is 15.1. The number of hydrogen-bond donors (Lipinski definition) is 2. The number of esters is 1. The standard InChI is InChI=1S/C20H22N2O5.C2H6/c1-25-16-7-4-15(5-8-16)22-20(24)18-10-13-3-6-17(9-14(13)11-21-18)27-12-19(23)26-2;1-2/h3-9,18,21H,10-12H2,1-2H3,(H,22,24);1-2H3. The van der Waals surface area contributed by atoms with Crippen molar-refractivity contribution in [2.75, 3.05) is 26.1 Å². The lowest BCUT2D eigenvalue weighted by Gasteiger charge is -2.26. The fourth-order valence-electron chi connectivity index (χ4n) is 2.87. The first-order valence-corrected chi connectivity index (χ1v) is 9.59. The van der Waals surface area contributed by atoms with Crippen LogP contribution < -0.4 is 20.1 Å². The predicted octanol–water partition coefficient (Wildman–Crippen LogP) is 2.93. The van der Waals surface area contributed by atoms with Crippen LogP contribution in [0.1, 0.15) is 25.0 Å². The van der Waals surface area contributed by atoms with Gasteiger partial charge in [-0.05, 0) is 53.9 Å². The Hall–Kier alpha value is -3.06. The second-order valence-corrected chi connectivity index (χ2v) is 6.15. The molecule has 156 valence electrons. The Balaban J connectivity index is 0.00000145. The fourth-order valence-corrected chi connectivity index (χ4v) is 2.87. The lowest BCUT2D eigenvalue weighted by molar-refractivity contribution is -0.142. The number of amides is 1. The van der Waals surface area contributed by atoms with Gasteiger partial charge < -0.3 is 24.8 Å². The highest BCUT2D eigenvalue weighted by Crippen LogP contribution is 2.23. The molecule has 1 atom stereocenters. The zero-order valence-corrected chi connectivity index (χ0v) is 17.3. The van der Waals surface area contributed by atoms with E-state index in [0.717, 1.165) is 22.6 Å². The van der Waals surface area contributed by atoms with Gasteiger partial charge in [0.05, 0.1) is 20.3 Å². The third-order valence-corrected chi connectivity index (χ3v) is 4.40. The lowest BCUT2D eigenvalue weighted by atomic mass is 9.95. The van der Waals surface area contributed by atoms with E-state index in [4.69, 9.17) is 9.47 Å². The van der Waals surface area contributed by atoms with Crippen LogP contribution in [0, 0.1) is 0 Å². The van der Waals surface area contributed by atoms with Crippen LogP contribution >= 0.6 is 0 Å². The summed E-state index contributed by atoms with van der Waals surface area (Å²) in [5.74, 6) is 0.822. The maximum atomic E-state index is 12.5. The molecule has 0 saturated heterocycles. The summed E-state index contributed by atoms with van der Waals surface area (Å²) in [5.41, 5.74) is 2.85. The minimum atomic E-state index is -0.430. The molecule has 1 heterocycles. The molecule has 1 aliphatic heterocycles. The van der Waals surface area contributed by atoms with Crippen LogP contribution in [-0.4, -0.2) is 38.7 Å². The van der Waals surface area contributed by atoms with E-state index in [0.29, 0.717) is 18.7 Å². The molecule has 29 heavy (non-hydrogen) atoms. The van der Waals surface area contributed by atoms with E-state index in [1.54, 1.807) is 37.4 Å². The van der Waals surface area contributed by atoms with E-state index in [2.05, 4.69) is 15.4 Å². The highest BCUT2D eigenvalue weighted by Gasteiger charge is 2.24. The number of nitrogens with one attached hydrogen (secondary N) is 2. The van der Waals surface area contributed by atoms with Gasteiger partial charge >= 0.3 is 5.97 Å². The van der Waals surface area contributed by atoms with Crippen molar-refractivity contribution in [2.24, 2.45) is 0 Å². The SMILES string of the molecule is CC.COC(=O)COc1ccc2c(c1)CNC(C(=O)Nc1ccc(OC)cc1)C2. The number of methoxy groups -OCH3 is 2. The highest BCUT2D eigenvalue weighted by molar-refractivity contribution is 5.95. The van der Waals surface area contributed by atoms with E-state index in [-0.39, 0.29) is 18.6 Å². The third kappa shape index (κ3) is 6.22. The Labute approximate surface area is 171 Å². The molecule has 3 rings (SSSR count). The van der Waals surface area contributed by atoms with Crippen molar-refractivity contribution in [1.82, 2.24) is 5.32 Å². The number of benzene rings is 2. The number of anilines is 1. The largest absolute Gasteiger partial charge is 0.497 e. The zero-order valence-electron chi connectivity index (χ0n) is 17.3. The van der Waals surface area contributed by atoms with Crippen LogP contribution in [0.15, 0.2) is 42.5 Å². The van der Waals surface area contributed by atoms with Gasteiger partial charge in [0.25, 0.3) is 0 Å². The maximum absolute atomic E-state index is 12.5. The Morgan fingerprint density at radius 3 is 2.38 bits per heavy atom. The molecule has 0 radical (unpaired) electrons. The molecule has 7 heteroatoms. The van der Waals surface area contributed by atoms with E-state index < -0.39 is 5.97 Å². The molecule has 7 nitrogen and oxygen atoms in total. The minimum absolute atomic E-state index is 0.0863. The van der Waals surface area contributed by atoms with E-state index in [1.807, 2.05) is 26.0 Å². The molecule has 0 fully saturated rings. The van der Waals surface area contributed by atoms with Gasteiger partial charge in [-0.1, -0.05) is 19.9 Å². The van der Waals surface area contributed by atoms with Gasteiger partial charge in [-0.3, -0.25) is 4.79 Å². The van der Waals surface area contributed by atoms with Crippen molar-refractivity contribution in [3.05, 3.63) is 53.6 Å². The van der Waals surface area contributed by atoms with Gasteiger partial charge in [0, 0.05) is 12.2 Å². The lowest BCUT2D eigenvalue weighted by Crippen LogP contribution is -2.44. The van der Waals surface area contributed by atoms with E-state index in [9.17, 15) is 9.59 Å². The fraction of sp³-hybridized carbons (Fsp3) is 0.364. The van der Waals surface area contributed by atoms with Crippen molar-refractivity contribution < 1.29 is 23.8 Å². The number of hydrogen-bond acceptors (Lipinski definition) is 6. The first-order chi connectivity index (χ1) is 14.1. The van der Waals surface area contributed by atoms with Gasteiger partial charge in [-0.15, -0.1) is 0 Å². The topological polar surface area (TPSA) is 85.9 Å². The molecular formula is C22H28N2O5. The second kappa shape index (κ2) is 11.1. The summed E-state index contributed by atoms with van der Waals surface area (Å²) in [6, 6.07) is 12.5. The predicted molar refractivity (Wildman–Crippen MR) is 111 cm³/mol. The van der Waals surface area contributed by atoms with Crippen molar-refractivity contribution in [2.45, 2.75) is 32.9 Å². The summed E-state index contributed by atoms with van der Waals surface area (Å²) in [6.45, 7) is 4.42. The summed E-state index contributed by atoms with van der Waals surface area (Å²) >= 11 is 0. The van der Waals surface area contributed by atoms with Crippen LogP contribution in [0.3, 0.4) is 0 Å². The minimum Gasteiger partial charge on any atom is -0.497 e. The number of fused-ring (bicyclic) bond motifs is 1. The molecule has 2 N–H and O–H groups in total. The van der Waals surface area contributed by atoms with Gasteiger partial charge in [0.2, 0.25) is 5.91 Å². The smallest absolute Gasteiger partial charge is 0.343 e. The van der Waals surface area contributed by atoms with Gasteiger partial charge in [0.15, 0.2) is 6.61 Å². The number of rotatable bonds is 6. The number of ether oxygens (including phenoxy) is 3. The molecule has 1 amide bonds. The molecule has 1 aliphatic rings. The summed E-state index contributed by atoms with van der Waals surface area (Å²) in [6.07, 6.45) is 0.578. The first kappa shape index (κ1) is 22.2. The van der Waals surface area contributed by atoms with Crippen LogP contribution in [0.5, 0.6) is 11.5 Å². The van der Waals surface area contributed by atoms with Crippen molar-refractivity contribution in [3.8, 4) is 11.5 Å². The second-order valence-electron chi connectivity index (χ2n) is 6.15. The molecule has 0 aromatic heterocycles. The van der Waals surface area contributed by atoms with Crippen molar-refractivity contribution in [1.29, 1.82) is 0 Å². The van der Waals surface area contributed by atoms with E-state index in [1.165, 1.54) is 7.11 Å². The van der Waals surface area contributed by atoms with Crippen LogP contribution in [0.4, 0.5) is 5.69 Å². The highest BCUT2D eigenvalue weighted by atomic mass is 16.6. The van der Waals surface area contributed by atoms with Gasteiger partial charge in [-0.2, -0.15) is 0 Å². The van der Waals surface area contributed by atoms with Gasteiger partial charge in [0.1, 0.15) is 11.5 Å². The monoisotopic (exact) mass is 400 g/mol. The van der Waals surface area contributed by atoms with Crippen LogP contribution in [0.25, 0.3) is 0 Å². The molecule has 0 saturated carbocycles. The zero-order chi connectivity index (χ0) is 21.2. The first-order valence-electron chi connectivity index (χ1n) is 9.59. The maximum Gasteiger partial charge on any atom is 0.343 e. The Kier molecular flexibility index (Phi) is 8.48. The molecule has 0 aliphatic carbocycles. The van der Waals surface area contributed by atoms with Gasteiger partial charge in [-0.25, -0.2) is 4.79 Å². The average Bonchev–Trinajstić information content (AvgIpc) is 2.78. The molecule has 0 bridgehead atoms. The molecule has 2 aromatic rings. The molecule has 1 unspecified atom stereocenters. The van der Waals surface area contributed by atoms with Crippen LogP contribution in [0.2, 0.25) is 0 Å². The number of carbonyl (C=O) groups is 2. The van der Waals surface area contributed by atoms with Crippen molar-refractivity contribution >= 4 is 17.6 Å². The normalized spacial score (nSPS) is 14.6. The average molecular weight is 400 g/mol. The van der Waals surface area contributed by atoms with Crippen LogP contribution in [-0.2, 0) is 27.3 Å². The molecule has 0 spiro atoms. The van der Waals surface area contributed by atoms with Crippen molar-refractivity contribution in [3.63, 3.8) is 0 Å². The molecular weight excluding hydrogens is 372 g/mol. The Morgan fingerprint density at radius 1 is 1.03 bits per heavy atom. The summed E-state index contributed by atoms with van der Waals surface area (Å²) in [7, 11) is 2.92. The Morgan fingerprint density at radius 2 is 1.72 bits per heavy atom. The Bertz CT molecular complexity index is 820. The molecule has 2 aromatic carbocycles. The third-order valence-electron chi connectivity index (χ3n) is 4.40. The quantitative estimate of drug-likeness (QED) is 0.725. The summed E-state index contributed by atoms with van der Waals surface area (Å²) in [4.78, 5) is 23.7. The number of carbonyl (C=O) groups excluding carboxylic acids is 2. The summed E-state index contributed by atoms with van der Waals surface area (Å²) in [5, 5.41) is 6.15. The van der Waals surface area contributed by atoms with E-state index >= 15 is 0 Å².